The first kappa shape index (κ1) is 23.7. The first-order chi connectivity index (χ1) is 15.9. The summed E-state index contributed by atoms with van der Waals surface area (Å²) in [5, 5.41) is 2.59. The number of anilines is 1. The Morgan fingerprint density at radius 3 is 2.18 bits per heavy atom. The average Bonchev–Trinajstić information content (AvgIpc) is 2.84. The molecule has 0 bridgehead atoms. The topological polar surface area (TPSA) is 119 Å². The molecule has 2 aromatic rings. The van der Waals surface area contributed by atoms with E-state index in [4.69, 9.17) is 28.4 Å². The van der Waals surface area contributed by atoms with Crippen LogP contribution in [0.5, 0.6) is 28.7 Å². The molecule has 1 heterocycles. The molecule has 1 amide bonds. The number of benzene rings is 2. The van der Waals surface area contributed by atoms with E-state index in [1.807, 2.05) is 0 Å². The highest BCUT2D eigenvalue weighted by Crippen LogP contribution is 2.39. The number of methoxy groups -OCH3 is 3. The van der Waals surface area contributed by atoms with Crippen LogP contribution >= 0.6 is 0 Å². The Bertz CT molecular complexity index is 1010. The summed E-state index contributed by atoms with van der Waals surface area (Å²) in [5.41, 5.74) is 0.784. The fraction of sp³-hybridized carbons (Fsp3) is 0.348. The van der Waals surface area contributed by atoms with Crippen molar-refractivity contribution in [3.63, 3.8) is 0 Å². The quantitative estimate of drug-likeness (QED) is 0.422. The van der Waals surface area contributed by atoms with Crippen molar-refractivity contribution < 1.29 is 42.8 Å². The Morgan fingerprint density at radius 2 is 1.55 bits per heavy atom. The molecular formula is C23H25NO9. The summed E-state index contributed by atoms with van der Waals surface area (Å²) in [4.78, 5) is 36.5. The predicted octanol–water partition coefficient (Wildman–Crippen LogP) is 2.63. The number of amides is 1. The van der Waals surface area contributed by atoms with Crippen molar-refractivity contribution >= 4 is 23.3 Å². The van der Waals surface area contributed by atoms with E-state index in [-0.39, 0.29) is 18.6 Å². The Morgan fingerprint density at radius 1 is 0.879 bits per heavy atom. The average molecular weight is 459 g/mol. The molecule has 0 spiro atoms. The van der Waals surface area contributed by atoms with Crippen molar-refractivity contribution in [2.75, 3.05) is 46.5 Å². The third-order valence-electron chi connectivity index (χ3n) is 4.73. The van der Waals surface area contributed by atoms with Crippen molar-refractivity contribution in [3.8, 4) is 28.7 Å². The van der Waals surface area contributed by atoms with Gasteiger partial charge in [-0.3, -0.25) is 14.4 Å². The summed E-state index contributed by atoms with van der Waals surface area (Å²) in [6.07, 6.45) is -0.224. The third kappa shape index (κ3) is 6.06. The maximum atomic E-state index is 12.4. The predicted molar refractivity (Wildman–Crippen MR) is 117 cm³/mol. The van der Waals surface area contributed by atoms with Gasteiger partial charge in [0.2, 0.25) is 5.75 Å². The van der Waals surface area contributed by atoms with Gasteiger partial charge in [-0.15, -0.1) is 0 Å². The van der Waals surface area contributed by atoms with E-state index in [0.717, 1.165) is 0 Å². The second-order valence-electron chi connectivity index (χ2n) is 6.90. The number of ether oxygens (including phenoxy) is 6. The van der Waals surface area contributed by atoms with E-state index in [9.17, 15) is 14.4 Å². The number of fused-ring (bicyclic) bond motifs is 1. The second-order valence-corrected chi connectivity index (χ2v) is 6.90. The number of nitrogens with one attached hydrogen (secondary N) is 1. The van der Waals surface area contributed by atoms with Crippen molar-refractivity contribution in [2.45, 2.75) is 12.8 Å². The first-order valence-electron chi connectivity index (χ1n) is 10.1. The molecule has 1 aliphatic rings. The molecule has 0 unspecified atom stereocenters. The number of ketones is 1. The molecule has 0 aromatic heterocycles. The maximum Gasteiger partial charge on any atom is 0.306 e. The molecule has 2 aromatic carbocycles. The SMILES string of the molecule is COc1cc(NC(=O)COC(=O)CCC(=O)c2ccc3c(c2)OCCO3)cc(OC)c1OC. The smallest absolute Gasteiger partial charge is 0.306 e. The van der Waals surface area contributed by atoms with Crippen LogP contribution in [0.15, 0.2) is 30.3 Å². The Labute approximate surface area is 190 Å². The van der Waals surface area contributed by atoms with Gasteiger partial charge in [-0.2, -0.15) is 0 Å². The van der Waals surface area contributed by atoms with Crippen molar-refractivity contribution in [1.29, 1.82) is 0 Å². The molecule has 33 heavy (non-hydrogen) atoms. The van der Waals surface area contributed by atoms with Crippen LogP contribution in [0.4, 0.5) is 5.69 Å². The van der Waals surface area contributed by atoms with Crippen molar-refractivity contribution in [1.82, 2.24) is 0 Å². The minimum atomic E-state index is -0.666. The van der Waals surface area contributed by atoms with E-state index in [1.165, 1.54) is 21.3 Å². The fourth-order valence-corrected chi connectivity index (χ4v) is 3.15. The van der Waals surface area contributed by atoms with Gasteiger partial charge in [0.1, 0.15) is 13.2 Å². The van der Waals surface area contributed by atoms with Crippen LogP contribution in [0, 0.1) is 0 Å². The number of rotatable bonds is 10. The lowest BCUT2D eigenvalue weighted by Gasteiger charge is -2.18. The summed E-state index contributed by atoms with van der Waals surface area (Å²) < 4.78 is 31.6. The Kier molecular flexibility index (Phi) is 7.96. The van der Waals surface area contributed by atoms with Gasteiger partial charge in [0, 0.05) is 29.8 Å². The van der Waals surface area contributed by atoms with Crippen LogP contribution in [0.25, 0.3) is 0 Å². The van der Waals surface area contributed by atoms with E-state index in [1.54, 1.807) is 30.3 Å². The number of esters is 1. The Balaban J connectivity index is 1.48. The molecule has 3 rings (SSSR count). The summed E-state index contributed by atoms with van der Waals surface area (Å²) in [6, 6.07) is 7.97. The summed E-state index contributed by atoms with van der Waals surface area (Å²) in [7, 11) is 4.38. The second kappa shape index (κ2) is 11.1. The van der Waals surface area contributed by atoms with E-state index < -0.39 is 18.5 Å². The van der Waals surface area contributed by atoms with Crippen molar-refractivity contribution in [2.24, 2.45) is 0 Å². The highest BCUT2D eigenvalue weighted by atomic mass is 16.6. The zero-order valence-electron chi connectivity index (χ0n) is 18.6. The molecule has 10 heteroatoms. The minimum absolute atomic E-state index is 0.0625. The Hall–Kier alpha value is -3.95. The van der Waals surface area contributed by atoms with Gasteiger partial charge < -0.3 is 33.7 Å². The molecule has 0 fully saturated rings. The third-order valence-corrected chi connectivity index (χ3v) is 4.73. The van der Waals surface area contributed by atoms with Crippen LogP contribution in [0.1, 0.15) is 23.2 Å². The van der Waals surface area contributed by atoms with E-state index in [2.05, 4.69) is 5.32 Å². The zero-order chi connectivity index (χ0) is 23.8. The highest BCUT2D eigenvalue weighted by Gasteiger charge is 2.18. The maximum absolute atomic E-state index is 12.4. The van der Waals surface area contributed by atoms with Crippen LogP contribution in [0.2, 0.25) is 0 Å². The lowest BCUT2D eigenvalue weighted by Crippen LogP contribution is -2.21. The van der Waals surface area contributed by atoms with Gasteiger partial charge in [-0.1, -0.05) is 0 Å². The number of hydrogen-bond acceptors (Lipinski definition) is 9. The van der Waals surface area contributed by atoms with Crippen LogP contribution in [-0.2, 0) is 14.3 Å². The monoisotopic (exact) mass is 459 g/mol. The van der Waals surface area contributed by atoms with Gasteiger partial charge in [0.15, 0.2) is 35.4 Å². The lowest BCUT2D eigenvalue weighted by molar-refractivity contribution is -0.147. The molecule has 0 aliphatic carbocycles. The van der Waals surface area contributed by atoms with E-state index >= 15 is 0 Å². The summed E-state index contributed by atoms with van der Waals surface area (Å²) >= 11 is 0. The van der Waals surface area contributed by atoms with Crippen molar-refractivity contribution in [3.05, 3.63) is 35.9 Å². The minimum Gasteiger partial charge on any atom is -0.493 e. The highest BCUT2D eigenvalue weighted by molar-refractivity contribution is 5.98. The number of Topliss-reactive ketones (excluding diaryl/α,β-unsaturated/α-hetero) is 1. The van der Waals surface area contributed by atoms with E-state index in [0.29, 0.717) is 53.2 Å². The largest absolute Gasteiger partial charge is 0.493 e. The normalized spacial score (nSPS) is 11.8. The molecule has 0 atom stereocenters. The van der Waals surface area contributed by atoms with Crippen LogP contribution in [-0.4, -0.2) is 58.8 Å². The van der Waals surface area contributed by atoms with Gasteiger partial charge in [0.25, 0.3) is 5.91 Å². The molecule has 0 radical (unpaired) electrons. The van der Waals surface area contributed by atoms with Gasteiger partial charge >= 0.3 is 5.97 Å². The van der Waals surface area contributed by atoms with Crippen LogP contribution in [0.3, 0.4) is 0 Å². The molecule has 1 N–H and O–H groups in total. The molecule has 10 nitrogen and oxygen atoms in total. The lowest BCUT2D eigenvalue weighted by atomic mass is 10.1. The molecule has 176 valence electrons. The summed E-state index contributed by atoms with van der Waals surface area (Å²) in [6.45, 7) is 0.363. The van der Waals surface area contributed by atoms with Gasteiger partial charge in [0.05, 0.1) is 27.8 Å². The molecule has 0 saturated heterocycles. The number of carbonyl (C=O) groups is 3. The molecule has 0 saturated carbocycles. The summed E-state index contributed by atoms with van der Waals surface area (Å²) in [5.74, 6) is 0.715. The van der Waals surface area contributed by atoms with Gasteiger partial charge in [-0.05, 0) is 18.2 Å². The molecular weight excluding hydrogens is 434 g/mol. The molecule has 1 aliphatic heterocycles. The number of hydrogen-bond donors (Lipinski definition) is 1. The van der Waals surface area contributed by atoms with Crippen LogP contribution < -0.4 is 29.0 Å². The van der Waals surface area contributed by atoms with Gasteiger partial charge in [-0.25, -0.2) is 0 Å². The standard InChI is InChI=1S/C23H25NO9/c1-28-19-11-15(12-20(29-2)23(19)30-3)24-21(26)13-33-22(27)7-5-16(25)14-4-6-17-18(10-14)32-9-8-31-17/h4,6,10-12H,5,7-9,13H2,1-3H3,(H,24,26). The zero-order valence-corrected chi connectivity index (χ0v) is 18.6. The first-order valence-corrected chi connectivity index (χ1v) is 10.1. The fourth-order valence-electron chi connectivity index (χ4n) is 3.15. The number of carbonyl (C=O) groups excluding carboxylic acids is 3.